The summed E-state index contributed by atoms with van der Waals surface area (Å²) in [4.78, 5) is 0. The van der Waals surface area contributed by atoms with Crippen molar-refractivity contribution in [2.45, 2.75) is 38.5 Å². The van der Waals surface area contributed by atoms with Gasteiger partial charge in [0.25, 0.3) is 0 Å². The lowest BCUT2D eigenvalue weighted by atomic mass is 9.78. The second-order valence-corrected chi connectivity index (χ2v) is 19.1. The van der Waals surface area contributed by atoms with Gasteiger partial charge in [-0.25, -0.2) is 0 Å². The zero-order valence-electron chi connectivity index (χ0n) is 36.6. The number of benzene rings is 11. The number of fused-ring (bicyclic) bond motifs is 10. The lowest BCUT2D eigenvalue weighted by Crippen LogP contribution is -2.14. The van der Waals surface area contributed by atoms with Crippen LogP contribution < -0.4 is 0 Å². The molecule has 0 fully saturated rings. The summed E-state index contributed by atoms with van der Waals surface area (Å²) in [5.41, 5.74) is 20.9. The zero-order valence-corrected chi connectivity index (χ0v) is 36.6. The lowest BCUT2D eigenvalue weighted by molar-refractivity contribution is 0.660. The Kier molecular flexibility index (Phi) is 7.80. The van der Waals surface area contributed by atoms with Gasteiger partial charge in [-0.1, -0.05) is 222 Å². The molecule has 2 aliphatic carbocycles. The van der Waals surface area contributed by atoms with E-state index in [2.05, 4.69) is 234 Å². The molecule has 0 amide bonds. The Balaban J connectivity index is 1.17. The van der Waals surface area contributed by atoms with Crippen molar-refractivity contribution in [1.29, 1.82) is 0 Å². The maximum atomic E-state index is 2.52. The molecule has 0 unspecified atom stereocenters. The van der Waals surface area contributed by atoms with Crippen molar-refractivity contribution in [1.82, 2.24) is 0 Å². The topological polar surface area (TPSA) is 0 Å². The Morgan fingerprint density at radius 3 is 1.28 bits per heavy atom. The molecule has 0 N–H and O–H groups in total. The predicted molar refractivity (Wildman–Crippen MR) is 273 cm³/mol. The van der Waals surface area contributed by atoms with E-state index in [0.29, 0.717) is 0 Å². The van der Waals surface area contributed by atoms with Gasteiger partial charge in [0.2, 0.25) is 0 Å². The lowest BCUT2D eigenvalue weighted by Gasteiger charge is -2.24. The van der Waals surface area contributed by atoms with Crippen LogP contribution in [0.1, 0.15) is 49.9 Å². The van der Waals surface area contributed by atoms with Crippen LogP contribution in [0.5, 0.6) is 0 Å². The molecule has 0 heterocycles. The molecule has 0 bridgehead atoms. The van der Waals surface area contributed by atoms with E-state index in [9.17, 15) is 0 Å². The second kappa shape index (κ2) is 13.5. The van der Waals surface area contributed by atoms with Crippen LogP contribution in [-0.4, -0.2) is 0 Å². The van der Waals surface area contributed by atoms with Crippen LogP contribution >= 0.6 is 0 Å². The molecule has 0 radical (unpaired) electrons. The van der Waals surface area contributed by atoms with Crippen LogP contribution in [0.25, 0.3) is 110 Å². The van der Waals surface area contributed by atoms with E-state index in [4.69, 9.17) is 0 Å². The molecule has 0 aromatic heterocycles. The summed E-state index contributed by atoms with van der Waals surface area (Å²) in [5, 5.41) is 10.1. The monoisotopic (exact) mass is 814 g/mol. The number of hydrogen-bond acceptors (Lipinski definition) is 0. The van der Waals surface area contributed by atoms with Gasteiger partial charge in [0, 0.05) is 10.8 Å². The third-order valence-electron chi connectivity index (χ3n) is 15.1. The van der Waals surface area contributed by atoms with Crippen molar-refractivity contribution >= 4 is 43.1 Å². The minimum absolute atomic E-state index is 0.0911. The third kappa shape index (κ3) is 5.06. The average molecular weight is 815 g/mol. The van der Waals surface area contributed by atoms with Crippen LogP contribution in [0.15, 0.2) is 206 Å². The zero-order chi connectivity index (χ0) is 42.9. The molecule has 11 aromatic carbocycles. The third-order valence-corrected chi connectivity index (χ3v) is 15.1. The van der Waals surface area contributed by atoms with E-state index < -0.39 is 0 Å². The summed E-state index contributed by atoms with van der Waals surface area (Å²) in [5.74, 6) is 0. The van der Waals surface area contributed by atoms with E-state index in [0.717, 1.165) is 0 Å². The van der Waals surface area contributed by atoms with Crippen LogP contribution in [0.4, 0.5) is 0 Å². The van der Waals surface area contributed by atoms with Gasteiger partial charge in [0.15, 0.2) is 0 Å². The molecule has 0 saturated heterocycles. The summed E-state index contributed by atoms with van der Waals surface area (Å²) in [6.45, 7) is 9.54. The smallest absolute Gasteiger partial charge is 0.0159 e. The van der Waals surface area contributed by atoms with E-state index in [1.165, 1.54) is 132 Å². The van der Waals surface area contributed by atoms with Gasteiger partial charge in [-0.15, -0.1) is 0 Å². The molecule has 0 heteroatoms. The van der Waals surface area contributed by atoms with Crippen LogP contribution in [0.3, 0.4) is 0 Å². The summed E-state index contributed by atoms with van der Waals surface area (Å²) in [6, 6.07) is 77.9. The Hall–Kier alpha value is -7.54. The van der Waals surface area contributed by atoms with Gasteiger partial charge in [-0.2, -0.15) is 0 Å². The highest BCUT2D eigenvalue weighted by Crippen LogP contribution is 2.56. The van der Waals surface area contributed by atoms with Gasteiger partial charge in [-0.05, 0) is 144 Å². The Bertz CT molecular complexity index is 3710. The Morgan fingerprint density at radius 2 is 0.641 bits per heavy atom. The van der Waals surface area contributed by atoms with Gasteiger partial charge < -0.3 is 0 Å². The van der Waals surface area contributed by atoms with Crippen LogP contribution in [-0.2, 0) is 10.8 Å². The highest BCUT2D eigenvalue weighted by molar-refractivity contribution is 6.30. The summed E-state index contributed by atoms with van der Waals surface area (Å²) < 4.78 is 0. The first-order chi connectivity index (χ1) is 31.3. The molecule has 0 aliphatic heterocycles. The Labute approximate surface area is 375 Å². The molecule has 11 aromatic rings. The molecule has 0 saturated carbocycles. The van der Waals surface area contributed by atoms with Gasteiger partial charge in [0.1, 0.15) is 0 Å². The number of rotatable bonds is 4. The molecular weight excluding hydrogens is 769 g/mol. The summed E-state index contributed by atoms with van der Waals surface area (Å²) in [7, 11) is 0. The number of hydrogen-bond donors (Lipinski definition) is 0. The molecule has 64 heavy (non-hydrogen) atoms. The molecule has 0 nitrogen and oxygen atoms in total. The average Bonchev–Trinajstić information content (AvgIpc) is 3.72. The normalized spacial score (nSPS) is 14.2. The first kappa shape index (κ1) is 37.1. The summed E-state index contributed by atoms with van der Waals surface area (Å²) in [6.07, 6.45) is 0. The molecule has 2 aliphatic rings. The second-order valence-electron chi connectivity index (χ2n) is 19.1. The fraction of sp³-hybridized carbons (Fsp3) is 0.0938. The van der Waals surface area contributed by atoms with Crippen molar-refractivity contribution < 1.29 is 0 Å². The molecule has 0 atom stereocenters. The minimum Gasteiger partial charge on any atom is -0.0622 e. The molecular formula is C64H46. The maximum Gasteiger partial charge on any atom is 0.0159 e. The Morgan fingerprint density at radius 1 is 0.219 bits per heavy atom. The predicted octanol–water partition coefficient (Wildman–Crippen LogP) is 17.6. The maximum absolute atomic E-state index is 2.52. The highest BCUT2D eigenvalue weighted by Gasteiger charge is 2.38. The van der Waals surface area contributed by atoms with Crippen LogP contribution in [0, 0.1) is 0 Å². The van der Waals surface area contributed by atoms with Gasteiger partial charge >= 0.3 is 0 Å². The van der Waals surface area contributed by atoms with Crippen molar-refractivity contribution in [2.75, 3.05) is 0 Å². The highest BCUT2D eigenvalue weighted by atomic mass is 14.4. The van der Waals surface area contributed by atoms with Crippen molar-refractivity contribution in [2.24, 2.45) is 0 Å². The van der Waals surface area contributed by atoms with E-state index in [1.54, 1.807) is 0 Å². The van der Waals surface area contributed by atoms with Gasteiger partial charge in [-0.3, -0.25) is 0 Å². The minimum atomic E-state index is -0.119. The van der Waals surface area contributed by atoms with Crippen molar-refractivity contribution in [3.63, 3.8) is 0 Å². The molecule has 0 spiro atoms. The van der Waals surface area contributed by atoms with Crippen molar-refractivity contribution in [3.8, 4) is 66.8 Å². The molecule has 302 valence electrons. The summed E-state index contributed by atoms with van der Waals surface area (Å²) >= 11 is 0. The first-order valence-electron chi connectivity index (χ1n) is 22.8. The fourth-order valence-electron chi connectivity index (χ4n) is 12.1. The van der Waals surface area contributed by atoms with E-state index in [-0.39, 0.29) is 10.8 Å². The first-order valence-corrected chi connectivity index (χ1v) is 22.8. The fourth-order valence-corrected chi connectivity index (χ4v) is 12.1. The SMILES string of the molecule is CC1(C)c2ccccc2-c2ccc(-c3ccc4c(-c5c6ccccc6c(-c6ccccc6)c6ccccc56)c5ccccc5c(-c5cccc6c5-c5ccccc5C6(C)C)c4c3)cc21. The van der Waals surface area contributed by atoms with E-state index >= 15 is 0 Å². The van der Waals surface area contributed by atoms with Crippen LogP contribution in [0.2, 0.25) is 0 Å². The largest absolute Gasteiger partial charge is 0.0622 e. The van der Waals surface area contributed by atoms with Gasteiger partial charge in [0.05, 0.1) is 0 Å². The molecule has 13 rings (SSSR count). The van der Waals surface area contributed by atoms with Crippen molar-refractivity contribution in [3.05, 3.63) is 229 Å². The van der Waals surface area contributed by atoms with E-state index in [1.807, 2.05) is 0 Å². The standard InChI is InChI=1S/C64H46/c1-63(2)55-31-17-15-28-51(55)60-52(29-18-32-56(60)63)59-46-24-10-13-27-49(46)62(61-47-25-11-8-22-44(47)58(39-19-6-5-7-20-39)45-23-9-12-26-48(45)61)50-36-34-40(37-53(50)59)41-33-35-43-42-21-14-16-30-54(42)64(3,4)57(43)38-41/h5-38H,1-4H3. The quantitative estimate of drug-likeness (QED) is 0.155.